The quantitative estimate of drug-likeness (QED) is 0.264. The number of esters is 1. The molecule has 2 aromatic rings. The first-order chi connectivity index (χ1) is 12.8. The zero-order valence-electron chi connectivity index (χ0n) is 14.4. The lowest BCUT2D eigenvalue weighted by atomic mass is 10.1. The van der Waals surface area contributed by atoms with Gasteiger partial charge in [0, 0.05) is 36.4 Å². The molecule has 0 bridgehead atoms. The fourth-order valence-corrected chi connectivity index (χ4v) is 2.08. The molecule has 0 fully saturated rings. The van der Waals surface area contributed by atoms with Crippen LogP contribution in [0.15, 0.2) is 54.6 Å². The number of Topliss-reactive ketones (excluding diaryl/α,β-unsaturated/α-hetero) is 1. The lowest BCUT2D eigenvalue weighted by Crippen LogP contribution is -2.13. The summed E-state index contributed by atoms with van der Waals surface area (Å²) in [6.45, 7) is 0.950. The zero-order valence-corrected chi connectivity index (χ0v) is 14.4. The van der Waals surface area contributed by atoms with Gasteiger partial charge in [0.15, 0.2) is 12.4 Å². The summed E-state index contributed by atoms with van der Waals surface area (Å²) < 4.78 is 4.88. The predicted octanol–water partition coefficient (Wildman–Crippen LogP) is 2.99. The number of amides is 1. The minimum atomic E-state index is -0.712. The van der Waals surface area contributed by atoms with Gasteiger partial charge in [0.1, 0.15) is 0 Å². The molecule has 2 aromatic carbocycles. The molecule has 1 N–H and O–H groups in total. The molecule has 0 aliphatic carbocycles. The highest BCUT2D eigenvalue weighted by molar-refractivity contribution is 5.99. The minimum absolute atomic E-state index is 0.0511. The first kappa shape index (κ1) is 19.5. The van der Waals surface area contributed by atoms with Crippen molar-refractivity contribution in [2.75, 3.05) is 11.9 Å². The van der Waals surface area contributed by atoms with Crippen LogP contribution >= 0.6 is 0 Å². The summed E-state index contributed by atoms with van der Waals surface area (Å²) in [5, 5.41) is 13.2. The van der Waals surface area contributed by atoms with E-state index >= 15 is 0 Å². The van der Waals surface area contributed by atoms with Crippen molar-refractivity contribution in [3.8, 4) is 0 Å². The van der Waals surface area contributed by atoms with Crippen LogP contribution in [-0.4, -0.2) is 29.2 Å². The maximum atomic E-state index is 12.0. The largest absolute Gasteiger partial charge is 0.454 e. The number of hydrogen-bond acceptors (Lipinski definition) is 6. The lowest BCUT2D eigenvalue weighted by Gasteiger charge is -2.04. The summed E-state index contributed by atoms with van der Waals surface area (Å²) in [7, 11) is 0. The van der Waals surface area contributed by atoms with Gasteiger partial charge in [-0.2, -0.15) is 0 Å². The molecule has 138 valence electrons. The van der Waals surface area contributed by atoms with Crippen molar-refractivity contribution in [2.24, 2.45) is 0 Å². The summed E-state index contributed by atoms with van der Waals surface area (Å²) in [5.41, 5.74) is 1.43. The maximum absolute atomic E-state index is 12.0. The van der Waals surface area contributed by atoms with Gasteiger partial charge in [0.2, 0.25) is 5.91 Å². The van der Waals surface area contributed by atoms with Gasteiger partial charge in [-0.05, 0) is 48.0 Å². The van der Waals surface area contributed by atoms with Gasteiger partial charge in [-0.1, -0.05) is 0 Å². The number of nitro groups is 1. The molecule has 0 saturated heterocycles. The number of ketones is 1. The Labute approximate surface area is 154 Å². The summed E-state index contributed by atoms with van der Waals surface area (Å²) in [4.78, 5) is 44.7. The number of carbonyl (C=O) groups is 3. The number of ether oxygens (including phenoxy) is 1. The minimum Gasteiger partial charge on any atom is -0.454 e. The van der Waals surface area contributed by atoms with Crippen LogP contribution in [0.25, 0.3) is 6.08 Å². The van der Waals surface area contributed by atoms with E-state index in [2.05, 4.69) is 5.32 Å². The Balaban J connectivity index is 1.86. The predicted molar refractivity (Wildman–Crippen MR) is 98.2 cm³/mol. The third kappa shape index (κ3) is 6.20. The van der Waals surface area contributed by atoms with Crippen molar-refractivity contribution < 1.29 is 24.0 Å². The van der Waals surface area contributed by atoms with Crippen LogP contribution in [0.4, 0.5) is 11.4 Å². The van der Waals surface area contributed by atoms with Crippen molar-refractivity contribution in [3.63, 3.8) is 0 Å². The van der Waals surface area contributed by atoms with Crippen molar-refractivity contribution in [2.45, 2.75) is 6.92 Å². The van der Waals surface area contributed by atoms with E-state index < -0.39 is 17.5 Å². The first-order valence-corrected chi connectivity index (χ1v) is 7.85. The van der Waals surface area contributed by atoms with E-state index in [1.54, 1.807) is 12.1 Å². The van der Waals surface area contributed by atoms with Crippen molar-refractivity contribution in [1.82, 2.24) is 0 Å². The van der Waals surface area contributed by atoms with Gasteiger partial charge < -0.3 is 10.1 Å². The monoisotopic (exact) mass is 368 g/mol. The molecule has 0 atom stereocenters. The number of anilines is 1. The van der Waals surface area contributed by atoms with E-state index in [0.29, 0.717) is 16.8 Å². The SMILES string of the molecule is CC(=O)Nc1ccc(C(=O)COC(=O)/C=C/c2ccc([N+](=O)[O-])cc2)cc1. The van der Waals surface area contributed by atoms with Crippen LogP contribution in [0.1, 0.15) is 22.8 Å². The summed E-state index contributed by atoms with van der Waals surface area (Å²) in [6, 6.07) is 11.8. The standard InChI is InChI=1S/C19H16N2O6/c1-13(22)20-16-7-5-15(6-8-16)18(23)12-27-19(24)11-4-14-2-9-17(10-3-14)21(25)26/h2-11H,12H2,1H3,(H,20,22)/b11-4+. The molecule has 2 rings (SSSR count). The fraction of sp³-hybridized carbons (Fsp3) is 0.105. The number of nitrogens with one attached hydrogen (secondary N) is 1. The van der Waals surface area contributed by atoms with Crippen LogP contribution in [0.3, 0.4) is 0 Å². The molecule has 8 heteroatoms. The Morgan fingerprint density at radius 2 is 1.70 bits per heavy atom. The van der Waals surface area contributed by atoms with E-state index in [-0.39, 0.29) is 17.4 Å². The third-order valence-electron chi connectivity index (χ3n) is 3.39. The van der Waals surface area contributed by atoms with Crippen LogP contribution < -0.4 is 5.32 Å². The van der Waals surface area contributed by atoms with E-state index in [9.17, 15) is 24.5 Å². The zero-order chi connectivity index (χ0) is 19.8. The van der Waals surface area contributed by atoms with Crippen LogP contribution in [-0.2, 0) is 14.3 Å². The van der Waals surface area contributed by atoms with Crippen molar-refractivity contribution in [3.05, 3.63) is 75.8 Å². The molecule has 1 amide bonds. The molecule has 27 heavy (non-hydrogen) atoms. The summed E-state index contributed by atoms with van der Waals surface area (Å²) in [5.74, 6) is -1.32. The van der Waals surface area contributed by atoms with Crippen LogP contribution in [0.2, 0.25) is 0 Å². The fourth-order valence-electron chi connectivity index (χ4n) is 2.08. The number of non-ortho nitro benzene ring substituents is 1. The number of nitrogens with zero attached hydrogens (tertiary/aromatic N) is 1. The molecule has 0 radical (unpaired) electrons. The normalized spacial score (nSPS) is 10.4. The smallest absolute Gasteiger partial charge is 0.331 e. The van der Waals surface area contributed by atoms with E-state index in [0.717, 1.165) is 6.08 Å². The Morgan fingerprint density at radius 3 is 2.26 bits per heavy atom. The molecule has 0 aromatic heterocycles. The van der Waals surface area contributed by atoms with Crippen LogP contribution in [0.5, 0.6) is 0 Å². The van der Waals surface area contributed by atoms with Gasteiger partial charge in [-0.15, -0.1) is 0 Å². The molecule has 8 nitrogen and oxygen atoms in total. The van der Waals surface area contributed by atoms with Gasteiger partial charge >= 0.3 is 5.97 Å². The number of hydrogen-bond donors (Lipinski definition) is 1. The number of benzene rings is 2. The number of carbonyl (C=O) groups excluding carboxylic acids is 3. The Bertz CT molecular complexity index is 885. The molecule has 0 unspecified atom stereocenters. The molecule has 0 spiro atoms. The van der Waals surface area contributed by atoms with Gasteiger partial charge in [0.05, 0.1) is 4.92 Å². The second-order valence-electron chi connectivity index (χ2n) is 5.47. The Morgan fingerprint density at radius 1 is 1.07 bits per heavy atom. The second-order valence-corrected chi connectivity index (χ2v) is 5.47. The van der Waals surface area contributed by atoms with Gasteiger partial charge in [0.25, 0.3) is 5.69 Å². The van der Waals surface area contributed by atoms with Gasteiger partial charge in [-0.3, -0.25) is 19.7 Å². The molecule has 0 aliphatic rings. The first-order valence-electron chi connectivity index (χ1n) is 7.85. The molecule has 0 saturated carbocycles. The average molecular weight is 368 g/mol. The molecular formula is C19H16N2O6. The molecule has 0 heterocycles. The average Bonchev–Trinajstić information content (AvgIpc) is 2.65. The molecular weight excluding hydrogens is 352 g/mol. The Hall–Kier alpha value is -3.81. The highest BCUT2D eigenvalue weighted by atomic mass is 16.6. The van der Waals surface area contributed by atoms with E-state index in [4.69, 9.17) is 4.74 Å². The number of nitro benzene ring substituents is 1. The molecule has 0 aliphatic heterocycles. The van der Waals surface area contributed by atoms with Crippen molar-refractivity contribution >= 4 is 35.1 Å². The van der Waals surface area contributed by atoms with Crippen molar-refractivity contribution in [1.29, 1.82) is 0 Å². The highest BCUT2D eigenvalue weighted by Crippen LogP contribution is 2.13. The van der Waals surface area contributed by atoms with Crippen LogP contribution in [0, 0.1) is 10.1 Å². The van der Waals surface area contributed by atoms with E-state index in [1.807, 2.05) is 0 Å². The maximum Gasteiger partial charge on any atom is 0.331 e. The number of rotatable bonds is 7. The van der Waals surface area contributed by atoms with E-state index in [1.165, 1.54) is 49.4 Å². The summed E-state index contributed by atoms with van der Waals surface area (Å²) in [6.07, 6.45) is 2.56. The second kappa shape index (κ2) is 9.04. The highest BCUT2D eigenvalue weighted by Gasteiger charge is 2.09. The topological polar surface area (TPSA) is 116 Å². The van der Waals surface area contributed by atoms with Gasteiger partial charge in [-0.25, -0.2) is 4.79 Å². The third-order valence-corrected chi connectivity index (χ3v) is 3.39. The lowest BCUT2D eigenvalue weighted by molar-refractivity contribution is -0.384. The summed E-state index contributed by atoms with van der Waals surface area (Å²) >= 11 is 0. The Kier molecular flexibility index (Phi) is 6.54.